The van der Waals surface area contributed by atoms with E-state index in [0.717, 1.165) is 11.1 Å². The number of carbonyl (C=O) groups is 2. The number of nitro benzene ring substituents is 1. The SMILES string of the molecule is Cc1cccc(N2C(=O)C(=O)/C(=C(\O)c3cccc([N+](=O)[O-])c3)C2c2cccs2)c1C. The van der Waals surface area contributed by atoms with Gasteiger partial charge in [0.2, 0.25) is 0 Å². The van der Waals surface area contributed by atoms with E-state index >= 15 is 0 Å². The molecule has 31 heavy (non-hydrogen) atoms. The minimum absolute atomic E-state index is 0.0890. The van der Waals surface area contributed by atoms with E-state index in [1.165, 1.54) is 40.5 Å². The van der Waals surface area contributed by atoms with Crippen molar-refractivity contribution >= 4 is 40.2 Å². The maximum Gasteiger partial charge on any atom is 0.300 e. The first-order valence-corrected chi connectivity index (χ1v) is 10.3. The Morgan fingerprint density at radius 3 is 2.52 bits per heavy atom. The van der Waals surface area contributed by atoms with E-state index in [2.05, 4.69) is 0 Å². The van der Waals surface area contributed by atoms with Crippen LogP contribution in [0, 0.1) is 24.0 Å². The zero-order valence-electron chi connectivity index (χ0n) is 16.7. The zero-order chi connectivity index (χ0) is 22.3. The Morgan fingerprint density at radius 1 is 1.10 bits per heavy atom. The number of non-ortho nitro benzene ring substituents is 1. The third kappa shape index (κ3) is 3.40. The molecule has 1 amide bonds. The molecule has 1 aliphatic heterocycles. The van der Waals surface area contributed by atoms with Crippen molar-refractivity contribution in [2.24, 2.45) is 0 Å². The predicted octanol–water partition coefficient (Wildman–Crippen LogP) is 4.90. The van der Waals surface area contributed by atoms with E-state index in [9.17, 15) is 24.8 Å². The average Bonchev–Trinajstić information content (AvgIpc) is 3.37. The van der Waals surface area contributed by atoms with E-state index in [1.807, 2.05) is 31.4 Å². The predicted molar refractivity (Wildman–Crippen MR) is 118 cm³/mol. The molecule has 2 heterocycles. The van der Waals surface area contributed by atoms with E-state index in [-0.39, 0.29) is 16.8 Å². The second-order valence-electron chi connectivity index (χ2n) is 7.21. The lowest BCUT2D eigenvalue weighted by Crippen LogP contribution is -2.29. The standard InChI is InChI=1S/C23H18N2O5S/c1-13-6-3-9-17(14(13)2)24-20(18-10-5-11-31-18)19(22(27)23(24)28)21(26)15-7-4-8-16(12-15)25(29)30/h3-12,20,26H,1-2H3/b21-19-. The molecule has 7 nitrogen and oxygen atoms in total. The maximum atomic E-state index is 13.1. The lowest BCUT2D eigenvalue weighted by atomic mass is 9.99. The van der Waals surface area contributed by atoms with Crippen molar-refractivity contribution in [3.05, 3.63) is 97.2 Å². The van der Waals surface area contributed by atoms with Crippen LogP contribution in [0.3, 0.4) is 0 Å². The number of aliphatic hydroxyl groups is 1. The van der Waals surface area contributed by atoms with Gasteiger partial charge in [0.1, 0.15) is 11.8 Å². The van der Waals surface area contributed by atoms with Gasteiger partial charge in [-0.2, -0.15) is 0 Å². The number of hydrogen-bond donors (Lipinski definition) is 1. The highest BCUT2D eigenvalue weighted by Gasteiger charge is 2.47. The number of amides is 1. The van der Waals surface area contributed by atoms with Crippen LogP contribution in [0.4, 0.5) is 11.4 Å². The van der Waals surface area contributed by atoms with Gasteiger partial charge in [-0.1, -0.05) is 30.3 Å². The number of hydrogen-bond acceptors (Lipinski definition) is 6. The molecule has 1 atom stereocenters. The first kappa shape index (κ1) is 20.5. The summed E-state index contributed by atoms with van der Waals surface area (Å²) in [5, 5.41) is 24.0. The number of nitro groups is 1. The smallest absolute Gasteiger partial charge is 0.300 e. The van der Waals surface area contributed by atoms with Crippen LogP contribution >= 0.6 is 11.3 Å². The molecule has 3 aromatic rings. The Labute approximate surface area is 182 Å². The summed E-state index contributed by atoms with van der Waals surface area (Å²) in [6.45, 7) is 3.79. The normalized spacial score (nSPS) is 17.9. The lowest BCUT2D eigenvalue weighted by molar-refractivity contribution is -0.384. The molecule has 0 radical (unpaired) electrons. The van der Waals surface area contributed by atoms with Gasteiger partial charge in [0.15, 0.2) is 0 Å². The summed E-state index contributed by atoms with van der Waals surface area (Å²) < 4.78 is 0. The van der Waals surface area contributed by atoms with Gasteiger partial charge in [-0.05, 0) is 42.5 Å². The Hall–Kier alpha value is -3.78. The number of carbonyl (C=O) groups excluding carboxylic acids is 2. The van der Waals surface area contributed by atoms with Gasteiger partial charge in [-0.3, -0.25) is 24.6 Å². The van der Waals surface area contributed by atoms with Gasteiger partial charge in [0, 0.05) is 28.3 Å². The quantitative estimate of drug-likeness (QED) is 0.207. The van der Waals surface area contributed by atoms with Crippen molar-refractivity contribution < 1.29 is 19.6 Å². The van der Waals surface area contributed by atoms with Crippen molar-refractivity contribution in [1.29, 1.82) is 0 Å². The van der Waals surface area contributed by atoms with Crippen LogP contribution in [0.25, 0.3) is 5.76 Å². The molecular weight excluding hydrogens is 416 g/mol. The summed E-state index contributed by atoms with van der Waals surface area (Å²) in [7, 11) is 0. The molecule has 0 aliphatic carbocycles. The number of ketones is 1. The fourth-order valence-corrected chi connectivity index (χ4v) is 4.54. The van der Waals surface area contributed by atoms with Crippen LogP contribution in [-0.2, 0) is 9.59 Å². The molecule has 156 valence electrons. The summed E-state index contributed by atoms with van der Waals surface area (Å²) in [5.41, 5.74) is 2.19. The third-order valence-electron chi connectivity index (χ3n) is 5.42. The lowest BCUT2D eigenvalue weighted by Gasteiger charge is -2.26. The van der Waals surface area contributed by atoms with Gasteiger partial charge >= 0.3 is 0 Å². The van der Waals surface area contributed by atoms with Crippen molar-refractivity contribution in [3.8, 4) is 0 Å². The average molecular weight is 434 g/mol. The van der Waals surface area contributed by atoms with Crippen LogP contribution in [-0.4, -0.2) is 21.7 Å². The van der Waals surface area contributed by atoms with Crippen molar-refractivity contribution in [2.45, 2.75) is 19.9 Å². The molecule has 4 rings (SSSR count). The molecule has 2 aromatic carbocycles. The molecule has 1 fully saturated rings. The maximum absolute atomic E-state index is 13.1. The van der Waals surface area contributed by atoms with Gasteiger partial charge in [0.05, 0.1) is 10.5 Å². The Bertz CT molecular complexity index is 1250. The highest BCUT2D eigenvalue weighted by Crippen LogP contribution is 2.44. The van der Waals surface area contributed by atoms with Gasteiger partial charge in [-0.15, -0.1) is 11.3 Å². The molecule has 1 N–H and O–H groups in total. The summed E-state index contributed by atoms with van der Waals surface area (Å²) in [6.07, 6.45) is 0. The fourth-order valence-electron chi connectivity index (χ4n) is 3.72. The van der Waals surface area contributed by atoms with Crippen molar-refractivity contribution in [2.75, 3.05) is 4.90 Å². The fraction of sp³-hybridized carbons (Fsp3) is 0.130. The summed E-state index contributed by atoms with van der Waals surface area (Å²) in [5.74, 6) is -2.02. The minimum atomic E-state index is -0.834. The third-order valence-corrected chi connectivity index (χ3v) is 6.35. The van der Waals surface area contributed by atoms with Crippen molar-refractivity contribution in [3.63, 3.8) is 0 Å². The van der Waals surface area contributed by atoms with E-state index in [1.54, 1.807) is 18.2 Å². The molecule has 0 bridgehead atoms. The Balaban J connectivity index is 1.96. The largest absolute Gasteiger partial charge is 0.507 e. The van der Waals surface area contributed by atoms with E-state index < -0.39 is 28.4 Å². The molecule has 1 aromatic heterocycles. The zero-order valence-corrected chi connectivity index (χ0v) is 17.6. The molecule has 8 heteroatoms. The van der Waals surface area contributed by atoms with Crippen LogP contribution < -0.4 is 4.90 Å². The second-order valence-corrected chi connectivity index (χ2v) is 8.19. The van der Waals surface area contributed by atoms with Crippen molar-refractivity contribution in [1.82, 2.24) is 0 Å². The highest BCUT2D eigenvalue weighted by molar-refractivity contribution is 7.10. The number of nitrogens with zero attached hydrogens (tertiary/aromatic N) is 2. The topological polar surface area (TPSA) is 101 Å². The summed E-state index contributed by atoms with van der Waals surface area (Å²) in [4.78, 5) is 38.9. The minimum Gasteiger partial charge on any atom is -0.507 e. The number of rotatable bonds is 4. The van der Waals surface area contributed by atoms with Crippen LogP contribution in [0.15, 0.2) is 65.6 Å². The van der Waals surface area contributed by atoms with Crippen LogP contribution in [0.2, 0.25) is 0 Å². The number of aliphatic hydroxyl groups excluding tert-OH is 1. The first-order chi connectivity index (χ1) is 14.8. The van der Waals surface area contributed by atoms with Gasteiger partial charge in [-0.25, -0.2) is 0 Å². The van der Waals surface area contributed by atoms with Crippen LogP contribution in [0.1, 0.15) is 27.6 Å². The molecule has 1 saturated heterocycles. The second kappa shape index (κ2) is 7.81. The molecule has 0 saturated carbocycles. The number of thiophene rings is 1. The number of anilines is 1. The molecule has 0 spiro atoms. The van der Waals surface area contributed by atoms with Gasteiger partial charge < -0.3 is 5.11 Å². The van der Waals surface area contributed by atoms with E-state index in [4.69, 9.17) is 0 Å². The molecule has 1 unspecified atom stereocenters. The monoisotopic (exact) mass is 434 g/mol. The van der Waals surface area contributed by atoms with Gasteiger partial charge in [0.25, 0.3) is 17.4 Å². The summed E-state index contributed by atoms with van der Waals surface area (Å²) >= 11 is 1.36. The first-order valence-electron chi connectivity index (χ1n) is 9.46. The number of aryl methyl sites for hydroxylation is 1. The molecular formula is C23H18N2O5S. The number of Topliss-reactive ketones (excluding diaryl/α,β-unsaturated/α-hetero) is 1. The van der Waals surface area contributed by atoms with E-state index in [0.29, 0.717) is 10.6 Å². The van der Waals surface area contributed by atoms with Crippen LogP contribution in [0.5, 0.6) is 0 Å². The molecule has 1 aliphatic rings. The number of benzene rings is 2. The summed E-state index contributed by atoms with van der Waals surface area (Å²) in [6, 6.07) is 13.6. The highest BCUT2D eigenvalue weighted by atomic mass is 32.1. The Morgan fingerprint density at radius 2 is 1.84 bits per heavy atom. The Kier molecular flexibility index (Phi) is 5.16.